The average Bonchev–Trinajstić information content (AvgIpc) is 2.67. The number of hydrogen-bond donors (Lipinski definition) is 0. The Kier molecular flexibility index (Phi) is 2.60. The lowest BCUT2D eigenvalue weighted by molar-refractivity contribution is 0.530. The second kappa shape index (κ2) is 3.89. The van der Waals surface area contributed by atoms with Crippen LogP contribution in [0.5, 0.6) is 0 Å². The number of halogens is 1. The van der Waals surface area contributed by atoms with Gasteiger partial charge < -0.3 is 4.42 Å². The molecule has 1 aromatic heterocycles. The Balaban J connectivity index is 2.34. The topological polar surface area (TPSA) is 13.1 Å². The van der Waals surface area contributed by atoms with Gasteiger partial charge in [-0.25, -0.2) is 0 Å². The van der Waals surface area contributed by atoms with E-state index in [-0.39, 0.29) is 0 Å². The summed E-state index contributed by atoms with van der Waals surface area (Å²) >= 11 is 5.66. The number of alkyl halides is 1. The predicted octanol–water partition coefficient (Wildman–Crippen LogP) is 3.99. The second-order valence-corrected chi connectivity index (χ2v) is 3.57. The van der Waals surface area contributed by atoms with E-state index in [4.69, 9.17) is 16.0 Å². The summed E-state index contributed by atoms with van der Waals surface area (Å²) in [5.41, 5.74) is 3.51. The van der Waals surface area contributed by atoms with Crippen molar-refractivity contribution in [3.05, 3.63) is 47.9 Å². The maximum atomic E-state index is 5.66. The molecule has 0 atom stereocenters. The molecule has 2 aromatic rings. The van der Waals surface area contributed by atoms with E-state index in [0.29, 0.717) is 5.88 Å². The minimum Gasteiger partial charge on any atom is -0.467 e. The van der Waals surface area contributed by atoms with Gasteiger partial charge in [-0.15, -0.1) is 11.6 Å². The molecule has 0 N–H and O–H groups in total. The van der Waals surface area contributed by atoms with Gasteiger partial charge in [0.2, 0.25) is 0 Å². The van der Waals surface area contributed by atoms with Crippen LogP contribution < -0.4 is 0 Å². The van der Waals surface area contributed by atoms with Crippen LogP contribution in [0.25, 0.3) is 11.1 Å². The van der Waals surface area contributed by atoms with Gasteiger partial charge in [-0.05, 0) is 18.6 Å². The van der Waals surface area contributed by atoms with Crippen LogP contribution in [0, 0.1) is 6.92 Å². The quantitative estimate of drug-likeness (QED) is 0.678. The highest BCUT2D eigenvalue weighted by molar-refractivity contribution is 6.16. The molecule has 0 unspecified atom stereocenters. The molecule has 0 amide bonds. The summed E-state index contributed by atoms with van der Waals surface area (Å²) < 4.78 is 5.27. The lowest BCUT2D eigenvalue weighted by Crippen LogP contribution is -1.74. The van der Waals surface area contributed by atoms with E-state index >= 15 is 0 Å². The monoisotopic (exact) mass is 206 g/mol. The first-order chi connectivity index (χ1) is 6.79. The van der Waals surface area contributed by atoms with Crippen molar-refractivity contribution in [3.63, 3.8) is 0 Å². The predicted molar refractivity (Wildman–Crippen MR) is 58.4 cm³/mol. The fourth-order valence-corrected chi connectivity index (χ4v) is 1.49. The molecule has 72 valence electrons. The normalized spacial score (nSPS) is 10.4. The molecule has 2 heteroatoms. The summed E-state index contributed by atoms with van der Waals surface area (Å²) in [6, 6.07) is 10.3. The Bertz CT molecular complexity index is 414. The molecule has 0 aliphatic heterocycles. The van der Waals surface area contributed by atoms with Gasteiger partial charge in [0.15, 0.2) is 0 Å². The third-order valence-electron chi connectivity index (χ3n) is 2.17. The van der Waals surface area contributed by atoms with Crippen molar-refractivity contribution in [1.82, 2.24) is 0 Å². The number of furan rings is 1. The summed E-state index contributed by atoms with van der Waals surface area (Å²) in [6.07, 6.45) is 1.74. The number of hydrogen-bond acceptors (Lipinski definition) is 1. The van der Waals surface area contributed by atoms with Crippen LogP contribution in [0.1, 0.15) is 11.3 Å². The fourth-order valence-electron chi connectivity index (χ4n) is 1.35. The third-order valence-corrected chi connectivity index (χ3v) is 2.43. The Morgan fingerprint density at radius 2 is 1.86 bits per heavy atom. The molecule has 1 nitrogen and oxygen atoms in total. The summed E-state index contributed by atoms with van der Waals surface area (Å²) in [6.45, 7) is 2.07. The largest absolute Gasteiger partial charge is 0.467 e. The zero-order valence-electron chi connectivity index (χ0n) is 7.96. The smallest absolute Gasteiger partial charge is 0.119 e. The fraction of sp³-hybridized carbons (Fsp3) is 0.167. The van der Waals surface area contributed by atoms with Crippen molar-refractivity contribution >= 4 is 11.6 Å². The van der Waals surface area contributed by atoms with Crippen LogP contribution in [0.15, 0.2) is 41.0 Å². The van der Waals surface area contributed by atoms with Crippen LogP contribution in [-0.4, -0.2) is 0 Å². The van der Waals surface area contributed by atoms with Crippen molar-refractivity contribution in [2.75, 3.05) is 0 Å². The number of aryl methyl sites for hydroxylation is 1. The Morgan fingerprint density at radius 1 is 1.14 bits per heavy atom. The Labute approximate surface area is 88.3 Å². The molecule has 0 aliphatic carbocycles. The van der Waals surface area contributed by atoms with Crippen molar-refractivity contribution < 1.29 is 4.42 Å². The molecule has 14 heavy (non-hydrogen) atoms. The van der Waals surface area contributed by atoms with Gasteiger partial charge >= 0.3 is 0 Å². The zero-order valence-corrected chi connectivity index (χ0v) is 8.71. The lowest BCUT2D eigenvalue weighted by Gasteiger charge is -1.96. The van der Waals surface area contributed by atoms with Crippen molar-refractivity contribution in [3.8, 4) is 11.1 Å². The molecular weight excluding hydrogens is 196 g/mol. The van der Waals surface area contributed by atoms with E-state index in [9.17, 15) is 0 Å². The molecular formula is C12H11ClO. The second-order valence-electron chi connectivity index (χ2n) is 3.30. The van der Waals surface area contributed by atoms with Gasteiger partial charge in [0.1, 0.15) is 5.76 Å². The highest BCUT2D eigenvalue weighted by Gasteiger charge is 2.02. The minimum atomic E-state index is 0.422. The van der Waals surface area contributed by atoms with Crippen molar-refractivity contribution in [1.29, 1.82) is 0 Å². The standard InChI is InChI=1S/C12H11ClO/c1-9-2-4-10(5-3-9)11-6-12(7-13)14-8-11/h2-6,8H,7H2,1H3. The highest BCUT2D eigenvalue weighted by atomic mass is 35.5. The minimum absolute atomic E-state index is 0.422. The van der Waals surface area contributed by atoms with Gasteiger partial charge in [-0.1, -0.05) is 29.8 Å². The third kappa shape index (κ3) is 1.83. The van der Waals surface area contributed by atoms with Crippen LogP contribution >= 0.6 is 11.6 Å². The molecule has 0 bridgehead atoms. The van der Waals surface area contributed by atoms with Gasteiger partial charge in [-0.2, -0.15) is 0 Å². The van der Waals surface area contributed by atoms with Gasteiger partial charge in [0, 0.05) is 5.56 Å². The first kappa shape index (κ1) is 9.35. The van der Waals surface area contributed by atoms with Crippen LogP contribution in [0.4, 0.5) is 0 Å². The summed E-state index contributed by atoms with van der Waals surface area (Å²) in [7, 11) is 0. The summed E-state index contributed by atoms with van der Waals surface area (Å²) in [5.74, 6) is 1.23. The van der Waals surface area contributed by atoms with Crippen molar-refractivity contribution in [2.24, 2.45) is 0 Å². The van der Waals surface area contributed by atoms with E-state index in [1.165, 1.54) is 5.56 Å². The van der Waals surface area contributed by atoms with E-state index in [1.54, 1.807) is 6.26 Å². The van der Waals surface area contributed by atoms with Gasteiger partial charge in [0.05, 0.1) is 12.1 Å². The molecule has 0 radical (unpaired) electrons. The van der Waals surface area contributed by atoms with E-state index in [1.807, 2.05) is 6.07 Å². The first-order valence-electron chi connectivity index (χ1n) is 4.50. The summed E-state index contributed by atoms with van der Waals surface area (Å²) in [4.78, 5) is 0. The van der Waals surface area contributed by atoms with Crippen LogP contribution in [-0.2, 0) is 5.88 Å². The van der Waals surface area contributed by atoms with Crippen molar-refractivity contribution in [2.45, 2.75) is 12.8 Å². The number of rotatable bonds is 2. The zero-order chi connectivity index (χ0) is 9.97. The van der Waals surface area contributed by atoms with Gasteiger partial charge in [-0.3, -0.25) is 0 Å². The Morgan fingerprint density at radius 3 is 2.43 bits per heavy atom. The van der Waals surface area contributed by atoms with E-state index < -0.39 is 0 Å². The highest BCUT2D eigenvalue weighted by Crippen LogP contribution is 2.23. The molecule has 0 fully saturated rings. The van der Waals surface area contributed by atoms with Crippen LogP contribution in [0.2, 0.25) is 0 Å². The maximum absolute atomic E-state index is 5.66. The average molecular weight is 207 g/mol. The SMILES string of the molecule is Cc1ccc(-c2coc(CCl)c2)cc1. The lowest BCUT2D eigenvalue weighted by atomic mass is 10.1. The maximum Gasteiger partial charge on any atom is 0.119 e. The van der Waals surface area contributed by atoms with E-state index in [0.717, 1.165) is 16.9 Å². The molecule has 0 spiro atoms. The molecule has 0 aliphatic rings. The van der Waals surface area contributed by atoms with Gasteiger partial charge in [0.25, 0.3) is 0 Å². The first-order valence-corrected chi connectivity index (χ1v) is 5.03. The molecule has 1 heterocycles. The Hall–Kier alpha value is -1.21. The van der Waals surface area contributed by atoms with E-state index in [2.05, 4.69) is 31.2 Å². The van der Waals surface area contributed by atoms with Crippen LogP contribution in [0.3, 0.4) is 0 Å². The molecule has 0 saturated heterocycles. The molecule has 0 saturated carbocycles. The number of benzene rings is 1. The summed E-state index contributed by atoms with van der Waals surface area (Å²) in [5, 5.41) is 0. The molecule has 2 rings (SSSR count). The molecule has 1 aromatic carbocycles.